The van der Waals surface area contributed by atoms with Crippen molar-refractivity contribution in [3.05, 3.63) is 30.1 Å². The van der Waals surface area contributed by atoms with Gasteiger partial charge in [0.15, 0.2) is 0 Å². The Bertz CT molecular complexity index is 360. The van der Waals surface area contributed by atoms with Gasteiger partial charge in [-0.3, -0.25) is 9.78 Å². The summed E-state index contributed by atoms with van der Waals surface area (Å²) in [6, 6.07) is 5.18. The van der Waals surface area contributed by atoms with E-state index in [1.54, 1.807) is 6.20 Å². The maximum Gasteiger partial charge on any atom is 0.313 e. The lowest BCUT2D eigenvalue weighted by molar-refractivity contribution is -0.148. The number of pyridine rings is 1. The first-order valence-corrected chi connectivity index (χ1v) is 4.95. The van der Waals surface area contributed by atoms with Gasteiger partial charge in [-0.15, -0.1) is 0 Å². The normalized spacial score (nSPS) is 19.3. The molecule has 1 aromatic heterocycles. The predicted molar refractivity (Wildman–Crippen MR) is 54.8 cm³/mol. The summed E-state index contributed by atoms with van der Waals surface area (Å²) in [4.78, 5) is 15.7. The molecule has 4 heteroatoms. The summed E-state index contributed by atoms with van der Waals surface area (Å²) in [6.45, 7) is 0. The molecule has 2 N–H and O–H groups in total. The lowest BCUT2D eigenvalue weighted by Crippen LogP contribution is -2.31. The van der Waals surface area contributed by atoms with E-state index in [9.17, 15) is 4.79 Å². The number of nitrogens with two attached hydrogens (primary N) is 1. The Morgan fingerprint density at radius 1 is 1.60 bits per heavy atom. The van der Waals surface area contributed by atoms with Crippen molar-refractivity contribution in [2.45, 2.75) is 18.9 Å². The maximum atomic E-state index is 11.6. The molecule has 0 amide bonds. The molecule has 0 saturated heterocycles. The first kappa shape index (κ1) is 10.1. The molecule has 1 aromatic rings. The number of aromatic nitrogens is 1. The highest BCUT2D eigenvalue weighted by Gasteiger charge is 2.56. The lowest BCUT2D eigenvalue weighted by atomic mass is 9.94. The maximum absolute atomic E-state index is 11.6. The van der Waals surface area contributed by atoms with E-state index in [1.807, 2.05) is 18.2 Å². The minimum atomic E-state index is -0.525. The summed E-state index contributed by atoms with van der Waals surface area (Å²) in [5.41, 5.74) is 6.27. The van der Waals surface area contributed by atoms with Gasteiger partial charge in [-0.2, -0.15) is 0 Å². The van der Waals surface area contributed by atoms with Crippen LogP contribution in [0, 0.1) is 5.41 Å². The molecular weight excluding hydrogens is 192 g/mol. The molecule has 1 aliphatic carbocycles. The number of methoxy groups -OCH3 is 1. The summed E-state index contributed by atoms with van der Waals surface area (Å²) >= 11 is 0. The van der Waals surface area contributed by atoms with Gasteiger partial charge in [0.05, 0.1) is 24.3 Å². The van der Waals surface area contributed by atoms with Crippen LogP contribution < -0.4 is 5.73 Å². The third-order valence-corrected chi connectivity index (χ3v) is 2.98. The second-order valence-electron chi connectivity index (χ2n) is 3.88. The summed E-state index contributed by atoms with van der Waals surface area (Å²) in [5, 5.41) is 0. The van der Waals surface area contributed by atoms with Crippen LogP contribution in [0.5, 0.6) is 0 Å². The molecular formula is C11H14N2O2. The van der Waals surface area contributed by atoms with E-state index in [0.717, 1.165) is 18.5 Å². The van der Waals surface area contributed by atoms with E-state index < -0.39 is 5.41 Å². The second kappa shape index (κ2) is 3.62. The number of carbonyl (C=O) groups is 1. The fourth-order valence-electron chi connectivity index (χ4n) is 1.82. The number of ether oxygens (including phenoxy) is 1. The van der Waals surface area contributed by atoms with Gasteiger partial charge in [0.1, 0.15) is 0 Å². The first-order chi connectivity index (χ1) is 7.20. The highest BCUT2D eigenvalue weighted by molar-refractivity contribution is 5.81. The van der Waals surface area contributed by atoms with Crippen LogP contribution in [0.4, 0.5) is 0 Å². The molecule has 0 bridgehead atoms. The standard InChI is InChI=1S/C11H14N2O2/c1-15-10(14)11(5-6-11)9(12)8-4-2-3-7-13-8/h2-4,7,9H,5-6,12H2,1H3. The van der Waals surface area contributed by atoms with Gasteiger partial charge in [-0.1, -0.05) is 6.07 Å². The van der Waals surface area contributed by atoms with Gasteiger partial charge >= 0.3 is 5.97 Å². The largest absolute Gasteiger partial charge is 0.469 e. The average Bonchev–Trinajstić information content (AvgIpc) is 3.09. The third-order valence-electron chi connectivity index (χ3n) is 2.98. The van der Waals surface area contributed by atoms with Crippen LogP contribution in [-0.2, 0) is 9.53 Å². The van der Waals surface area contributed by atoms with E-state index in [-0.39, 0.29) is 12.0 Å². The zero-order chi connectivity index (χ0) is 10.9. The van der Waals surface area contributed by atoms with Crippen molar-refractivity contribution in [3.63, 3.8) is 0 Å². The number of esters is 1. The van der Waals surface area contributed by atoms with Crippen LogP contribution in [0.15, 0.2) is 24.4 Å². The van der Waals surface area contributed by atoms with Crippen LogP contribution in [0.3, 0.4) is 0 Å². The molecule has 1 saturated carbocycles. The molecule has 15 heavy (non-hydrogen) atoms. The molecule has 0 aromatic carbocycles. The van der Waals surface area contributed by atoms with E-state index >= 15 is 0 Å². The smallest absolute Gasteiger partial charge is 0.313 e. The Hall–Kier alpha value is -1.42. The third kappa shape index (κ3) is 1.61. The van der Waals surface area contributed by atoms with Crippen LogP contribution in [0.2, 0.25) is 0 Å². The summed E-state index contributed by atoms with van der Waals surface area (Å²) in [7, 11) is 1.40. The minimum absolute atomic E-state index is 0.222. The molecule has 0 spiro atoms. The van der Waals surface area contributed by atoms with Gasteiger partial charge < -0.3 is 10.5 Å². The molecule has 0 aliphatic heterocycles. The Morgan fingerprint density at radius 2 is 2.33 bits per heavy atom. The van der Waals surface area contributed by atoms with Crippen molar-refractivity contribution in [1.29, 1.82) is 0 Å². The summed E-state index contributed by atoms with van der Waals surface area (Å²) < 4.78 is 4.77. The second-order valence-corrected chi connectivity index (χ2v) is 3.88. The quantitative estimate of drug-likeness (QED) is 0.750. The summed E-state index contributed by atoms with van der Waals surface area (Å²) in [5.74, 6) is -0.222. The molecule has 1 unspecified atom stereocenters. The van der Waals surface area contributed by atoms with E-state index in [0.29, 0.717) is 0 Å². The number of nitrogens with zero attached hydrogens (tertiary/aromatic N) is 1. The van der Waals surface area contributed by atoms with Crippen molar-refractivity contribution >= 4 is 5.97 Å². The molecule has 4 nitrogen and oxygen atoms in total. The minimum Gasteiger partial charge on any atom is -0.469 e. The molecule has 1 heterocycles. The van der Waals surface area contributed by atoms with Crippen LogP contribution >= 0.6 is 0 Å². The molecule has 1 fully saturated rings. The molecule has 80 valence electrons. The zero-order valence-electron chi connectivity index (χ0n) is 8.64. The fourth-order valence-corrected chi connectivity index (χ4v) is 1.82. The van der Waals surface area contributed by atoms with Crippen molar-refractivity contribution in [2.75, 3.05) is 7.11 Å². The van der Waals surface area contributed by atoms with Gasteiger partial charge in [0, 0.05) is 6.20 Å². The zero-order valence-corrected chi connectivity index (χ0v) is 8.64. The van der Waals surface area contributed by atoms with Crippen molar-refractivity contribution in [3.8, 4) is 0 Å². The van der Waals surface area contributed by atoms with E-state index in [2.05, 4.69) is 4.98 Å². The van der Waals surface area contributed by atoms with E-state index in [4.69, 9.17) is 10.5 Å². The Balaban J connectivity index is 2.22. The number of carbonyl (C=O) groups excluding carboxylic acids is 1. The van der Waals surface area contributed by atoms with Gasteiger partial charge in [0.25, 0.3) is 0 Å². The Labute approximate surface area is 88.4 Å². The molecule has 1 atom stereocenters. The summed E-state index contributed by atoms with van der Waals surface area (Å²) in [6.07, 6.45) is 3.26. The predicted octanol–water partition coefficient (Wildman–Crippen LogP) is 1.03. The Kier molecular flexibility index (Phi) is 2.44. The number of hydrogen-bond donors (Lipinski definition) is 1. The first-order valence-electron chi connectivity index (χ1n) is 4.95. The van der Waals surface area contributed by atoms with Gasteiger partial charge in [0.2, 0.25) is 0 Å². The monoisotopic (exact) mass is 206 g/mol. The van der Waals surface area contributed by atoms with E-state index in [1.165, 1.54) is 7.11 Å². The molecule has 1 aliphatic rings. The number of rotatable bonds is 3. The SMILES string of the molecule is COC(=O)C1(C(N)c2ccccn2)CC1. The fraction of sp³-hybridized carbons (Fsp3) is 0.455. The van der Waals surface area contributed by atoms with Crippen molar-refractivity contribution in [2.24, 2.45) is 11.1 Å². The van der Waals surface area contributed by atoms with Crippen LogP contribution in [0.1, 0.15) is 24.6 Å². The lowest BCUT2D eigenvalue weighted by Gasteiger charge is -2.19. The van der Waals surface area contributed by atoms with Crippen molar-refractivity contribution in [1.82, 2.24) is 4.98 Å². The van der Waals surface area contributed by atoms with Crippen molar-refractivity contribution < 1.29 is 9.53 Å². The topological polar surface area (TPSA) is 65.2 Å². The van der Waals surface area contributed by atoms with Gasteiger partial charge in [-0.05, 0) is 25.0 Å². The average molecular weight is 206 g/mol. The highest BCUT2D eigenvalue weighted by atomic mass is 16.5. The highest BCUT2D eigenvalue weighted by Crippen LogP contribution is 2.54. The Morgan fingerprint density at radius 3 is 2.80 bits per heavy atom. The number of hydrogen-bond acceptors (Lipinski definition) is 4. The van der Waals surface area contributed by atoms with Crippen LogP contribution in [0.25, 0.3) is 0 Å². The van der Waals surface area contributed by atoms with Gasteiger partial charge in [-0.25, -0.2) is 0 Å². The molecule has 2 rings (SSSR count). The van der Waals surface area contributed by atoms with Crippen LogP contribution in [-0.4, -0.2) is 18.1 Å². The molecule has 0 radical (unpaired) electrons.